The number of thioether (sulfide) groups is 1. The summed E-state index contributed by atoms with van der Waals surface area (Å²) < 4.78 is 2.34. The fourth-order valence-corrected chi connectivity index (χ4v) is 4.14. The molecular formula is C22H25ClN2S. The minimum absolute atomic E-state index is 0.392. The van der Waals surface area contributed by atoms with Crippen LogP contribution in [0.4, 0.5) is 0 Å². The van der Waals surface area contributed by atoms with Crippen molar-refractivity contribution < 1.29 is 0 Å². The van der Waals surface area contributed by atoms with Crippen LogP contribution in [0.5, 0.6) is 0 Å². The lowest BCUT2D eigenvalue weighted by atomic mass is 9.98. The third kappa shape index (κ3) is 4.72. The van der Waals surface area contributed by atoms with E-state index >= 15 is 0 Å². The van der Waals surface area contributed by atoms with Crippen LogP contribution in [0.15, 0.2) is 66.0 Å². The highest BCUT2D eigenvalue weighted by Gasteiger charge is 2.17. The van der Waals surface area contributed by atoms with Crippen molar-refractivity contribution in [3.63, 3.8) is 0 Å². The first-order valence-corrected chi connectivity index (χ1v) is 10.5. The molecule has 0 radical (unpaired) electrons. The molecule has 0 saturated heterocycles. The summed E-state index contributed by atoms with van der Waals surface area (Å²) in [4.78, 5) is 4.73. The fraction of sp³-hybridized carbons (Fsp3) is 0.318. The molecule has 3 aromatic rings. The molecule has 0 N–H and O–H groups in total. The Labute approximate surface area is 165 Å². The van der Waals surface area contributed by atoms with Crippen LogP contribution < -0.4 is 0 Å². The van der Waals surface area contributed by atoms with Crippen molar-refractivity contribution in [2.45, 2.75) is 44.3 Å². The highest BCUT2D eigenvalue weighted by Crippen LogP contribution is 2.28. The van der Waals surface area contributed by atoms with Gasteiger partial charge in [-0.3, -0.25) is 0 Å². The lowest BCUT2D eigenvalue weighted by Crippen LogP contribution is -2.10. The van der Waals surface area contributed by atoms with E-state index in [1.807, 2.05) is 36.2 Å². The van der Waals surface area contributed by atoms with Crippen LogP contribution in [0.2, 0.25) is 5.02 Å². The van der Waals surface area contributed by atoms with Crippen LogP contribution in [-0.4, -0.2) is 15.3 Å². The van der Waals surface area contributed by atoms with Gasteiger partial charge in [0, 0.05) is 28.6 Å². The number of aromatic nitrogens is 2. The average Bonchev–Trinajstić information content (AvgIpc) is 3.05. The molecular weight excluding hydrogens is 360 g/mol. The van der Waals surface area contributed by atoms with E-state index in [2.05, 4.69) is 54.8 Å². The highest BCUT2D eigenvalue weighted by atomic mass is 35.5. The lowest BCUT2D eigenvalue weighted by molar-refractivity contribution is 0.614. The summed E-state index contributed by atoms with van der Waals surface area (Å²) in [5, 5.41) is 1.90. The number of imidazole rings is 1. The van der Waals surface area contributed by atoms with Crippen LogP contribution in [-0.2, 0) is 13.0 Å². The standard InChI is InChI=1S/C22H25ClN2S/c1-3-13-26-22-24-15-21(17(2)14-18-9-5-4-6-10-18)25(22)16-19-11-7-8-12-20(19)23/h4-12,15,17H,3,13-14,16H2,1-2H3. The molecule has 1 atom stereocenters. The Balaban J connectivity index is 1.89. The second-order valence-corrected chi connectivity index (χ2v) is 8.05. The SMILES string of the molecule is CCCSc1ncc(C(C)Cc2ccccc2)n1Cc1ccccc1Cl. The zero-order chi connectivity index (χ0) is 18.4. The van der Waals surface area contributed by atoms with Gasteiger partial charge >= 0.3 is 0 Å². The van der Waals surface area contributed by atoms with Gasteiger partial charge in [0.25, 0.3) is 0 Å². The van der Waals surface area contributed by atoms with Gasteiger partial charge in [0.05, 0.1) is 6.54 Å². The molecule has 1 aromatic heterocycles. The van der Waals surface area contributed by atoms with E-state index in [0.29, 0.717) is 5.92 Å². The van der Waals surface area contributed by atoms with Crippen molar-refractivity contribution in [1.29, 1.82) is 0 Å². The topological polar surface area (TPSA) is 17.8 Å². The number of nitrogens with zero attached hydrogens (tertiary/aromatic N) is 2. The van der Waals surface area contributed by atoms with Gasteiger partial charge in [-0.15, -0.1) is 0 Å². The molecule has 0 saturated carbocycles. The summed E-state index contributed by atoms with van der Waals surface area (Å²) in [6, 6.07) is 18.7. The molecule has 0 fully saturated rings. The van der Waals surface area contributed by atoms with Gasteiger partial charge in [-0.05, 0) is 30.0 Å². The third-order valence-electron chi connectivity index (χ3n) is 4.46. The van der Waals surface area contributed by atoms with E-state index in [9.17, 15) is 0 Å². The van der Waals surface area contributed by atoms with E-state index in [1.54, 1.807) is 0 Å². The van der Waals surface area contributed by atoms with Gasteiger partial charge in [-0.1, -0.05) is 85.7 Å². The predicted octanol–water partition coefficient (Wildman–Crippen LogP) is 6.43. The number of hydrogen-bond acceptors (Lipinski definition) is 2. The van der Waals surface area contributed by atoms with Crippen LogP contribution in [0.3, 0.4) is 0 Å². The molecule has 2 nitrogen and oxygen atoms in total. The maximum atomic E-state index is 6.42. The van der Waals surface area contributed by atoms with E-state index in [0.717, 1.165) is 40.9 Å². The molecule has 26 heavy (non-hydrogen) atoms. The van der Waals surface area contributed by atoms with Crippen molar-refractivity contribution >= 4 is 23.4 Å². The van der Waals surface area contributed by atoms with Crippen LogP contribution in [0.25, 0.3) is 0 Å². The fourth-order valence-electron chi connectivity index (χ4n) is 3.10. The molecule has 0 aliphatic rings. The van der Waals surface area contributed by atoms with Gasteiger partial charge < -0.3 is 4.57 Å². The molecule has 0 aliphatic heterocycles. The second kappa shape index (κ2) is 9.29. The van der Waals surface area contributed by atoms with Gasteiger partial charge in [-0.25, -0.2) is 4.98 Å². The largest absolute Gasteiger partial charge is 0.318 e. The second-order valence-electron chi connectivity index (χ2n) is 6.58. The van der Waals surface area contributed by atoms with Gasteiger partial charge in [-0.2, -0.15) is 0 Å². The molecule has 0 aliphatic carbocycles. The number of benzene rings is 2. The minimum atomic E-state index is 0.392. The first kappa shape index (κ1) is 19.1. The first-order chi connectivity index (χ1) is 12.7. The molecule has 136 valence electrons. The van der Waals surface area contributed by atoms with Gasteiger partial charge in [0.15, 0.2) is 5.16 Å². The van der Waals surface area contributed by atoms with Crippen LogP contribution in [0.1, 0.15) is 43.0 Å². The summed E-state index contributed by atoms with van der Waals surface area (Å²) in [7, 11) is 0. The lowest BCUT2D eigenvalue weighted by Gasteiger charge is -2.17. The molecule has 2 aromatic carbocycles. The summed E-state index contributed by atoms with van der Waals surface area (Å²) in [5.74, 6) is 1.47. The molecule has 0 amide bonds. The van der Waals surface area contributed by atoms with Crippen molar-refractivity contribution in [2.75, 3.05) is 5.75 Å². The smallest absolute Gasteiger partial charge is 0.168 e. The molecule has 1 unspecified atom stereocenters. The molecule has 4 heteroatoms. The summed E-state index contributed by atoms with van der Waals surface area (Å²) in [6.07, 6.45) is 4.19. The third-order valence-corrected chi connectivity index (χ3v) is 6.03. The number of halogens is 1. The Morgan fingerprint density at radius 1 is 1.08 bits per heavy atom. The monoisotopic (exact) mass is 384 g/mol. The average molecular weight is 385 g/mol. The number of rotatable bonds is 8. The van der Waals surface area contributed by atoms with E-state index < -0.39 is 0 Å². The van der Waals surface area contributed by atoms with Crippen molar-refractivity contribution in [3.05, 3.63) is 82.6 Å². The van der Waals surface area contributed by atoms with Crippen molar-refractivity contribution in [1.82, 2.24) is 9.55 Å². The summed E-state index contributed by atoms with van der Waals surface area (Å²) in [5.41, 5.74) is 3.76. The maximum Gasteiger partial charge on any atom is 0.168 e. The van der Waals surface area contributed by atoms with E-state index in [1.165, 1.54) is 11.3 Å². The van der Waals surface area contributed by atoms with Crippen molar-refractivity contribution in [3.8, 4) is 0 Å². The molecule has 0 bridgehead atoms. The maximum absolute atomic E-state index is 6.42. The highest BCUT2D eigenvalue weighted by molar-refractivity contribution is 7.99. The van der Waals surface area contributed by atoms with E-state index in [-0.39, 0.29) is 0 Å². The normalized spacial score (nSPS) is 12.3. The van der Waals surface area contributed by atoms with Gasteiger partial charge in [0.1, 0.15) is 0 Å². The van der Waals surface area contributed by atoms with Crippen LogP contribution in [0, 0.1) is 0 Å². The van der Waals surface area contributed by atoms with Crippen LogP contribution >= 0.6 is 23.4 Å². The Morgan fingerprint density at radius 2 is 1.81 bits per heavy atom. The Bertz CT molecular complexity index is 829. The summed E-state index contributed by atoms with van der Waals surface area (Å²) >= 11 is 8.24. The van der Waals surface area contributed by atoms with Gasteiger partial charge in [0.2, 0.25) is 0 Å². The first-order valence-electron chi connectivity index (χ1n) is 9.14. The zero-order valence-corrected chi connectivity index (χ0v) is 16.9. The Kier molecular flexibility index (Phi) is 6.81. The quantitative estimate of drug-likeness (QED) is 0.416. The number of hydrogen-bond donors (Lipinski definition) is 0. The van der Waals surface area contributed by atoms with E-state index in [4.69, 9.17) is 16.6 Å². The molecule has 0 spiro atoms. The zero-order valence-electron chi connectivity index (χ0n) is 15.4. The Morgan fingerprint density at radius 3 is 2.54 bits per heavy atom. The minimum Gasteiger partial charge on any atom is -0.318 e. The van der Waals surface area contributed by atoms with Crippen molar-refractivity contribution in [2.24, 2.45) is 0 Å². The summed E-state index contributed by atoms with van der Waals surface area (Å²) in [6.45, 7) is 5.24. The molecule has 1 heterocycles. The predicted molar refractivity (Wildman–Crippen MR) is 112 cm³/mol. The molecule has 3 rings (SSSR count). The Hall–Kier alpha value is -1.71.